The minimum atomic E-state index is -3.99. The van der Waals surface area contributed by atoms with Crippen molar-refractivity contribution in [2.24, 2.45) is 5.92 Å². The third-order valence-electron chi connectivity index (χ3n) is 6.52. The molecule has 0 spiro atoms. The number of para-hydroxylation sites is 1. The summed E-state index contributed by atoms with van der Waals surface area (Å²) in [6.45, 7) is 3.48. The summed E-state index contributed by atoms with van der Waals surface area (Å²) in [5, 5.41) is 15.3. The Morgan fingerprint density at radius 2 is 1.69 bits per heavy atom. The second-order valence-electron chi connectivity index (χ2n) is 8.91. The van der Waals surface area contributed by atoms with Gasteiger partial charge in [0, 0.05) is 22.5 Å². The fraction of sp³-hybridized carbons (Fsp3) is 0.296. The van der Waals surface area contributed by atoms with E-state index in [0.29, 0.717) is 18.2 Å². The molecule has 0 radical (unpaired) electrons. The molecule has 0 saturated carbocycles. The molecular weight excluding hydrogens is 462 g/mol. The number of carbonyl (C=O) groups is 1. The Bertz CT molecular complexity index is 1430. The van der Waals surface area contributed by atoms with Gasteiger partial charge in [-0.2, -0.15) is 4.72 Å². The van der Waals surface area contributed by atoms with Crippen LogP contribution >= 0.6 is 0 Å². The first-order valence-electron chi connectivity index (χ1n) is 11.8. The van der Waals surface area contributed by atoms with Crippen molar-refractivity contribution in [1.29, 1.82) is 0 Å². The lowest BCUT2D eigenvalue weighted by molar-refractivity contribution is -0.124. The molecule has 1 unspecified atom stereocenters. The van der Waals surface area contributed by atoms with E-state index < -0.39 is 28.0 Å². The van der Waals surface area contributed by atoms with E-state index in [-0.39, 0.29) is 17.4 Å². The molecule has 0 aliphatic heterocycles. The van der Waals surface area contributed by atoms with Crippen molar-refractivity contribution in [2.75, 3.05) is 6.61 Å². The Kier molecular flexibility index (Phi) is 7.54. The summed E-state index contributed by atoms with van der Waals surface area (Å²) in [6, 6.07) is 18.6. The van der Waals surface area contributed by atoms with Crippen LogP contribution in [0.15, 0.2) is 77.8 Å². The van der Waals surface area contributed by atoms with E-state index in [2.05, 4.69) is 15.0 Å². The van der Waals surface area contributed by atoms with Crippen LogP contribution < -0.4 is 10.0 Å². The molecule has 0 aliphatic rings. The van der Waals surface area contributed by atoms with Crippen LogP contribution in [0.25, 0.3) is 21.7 Å². The Morgan fingerprint density at radius 3 is 2.43 bits per heavy atom. The third kappa shape index (κ3) is 5.40. The van der Waals surface area contributed by atoms with Gasteiger partial charge in [0.1, 0.15) is 6.04 Å². The van der Waals surface area contributed by atoms with Crippen LogP contribution in [-0.2, 0) is 21.2 Å². The van der Waals surface area contributed by atoms with E-state index in [4.69, 9.17) is 0 Å². The average molecular weight is 494 g/mol. The quantitative estimate of drug-likeness (QED) is 0.270. The van der Waals surface area contributed by atoms with Crippen LogP contribution in [0.1, 0.15) is 25.8 Å². The molecule has 0 fully saturated rings. The third-order valence-corrected chi connectivity index (χ3v) is 8.02. The summed E-state index contributed by atoms with van der Waals surface area (Å²) < 4.78 is 29.4. The normalized spacial score (nSPS) is 14.6. The fourth-order valence-corrected chi connectivity index (χ4v) is 5.88. The number of hydrogen-bond donors (Lipinski definition) is 4. The minimum Gasteiger partial charge on any atom is -0.394 e. The van der Waals surface area contributed by atoms with E-state index in [0.717, 1.165) is 21.9 Å². The number of aromatic nitrogens is 1. The van der Waals surface area contributed by atoms with Gasteiger partial charge in [-0.3, -0.25) is 4.79 Å². The number of aliphatic hydroxyl groups is 1. The first-order chi connectivity index (χ1) is 16.8. The molecule has 3 atom stereocenters. The Hall–Kier alpha value is -3.20. The van der Waals surface area contributed by atoms with Gasteiger partial charge in [-0.05, 0) is 35.4 Å². The van der Waals surface area contributed by atoms with E-state index >= 15 is 0 Å². The number of H-pyrrole nitrogens is 1. The summed E-state index contributed by atoms with van der Waals surface area (Å²) in [5.74, 6) is -0.714. The Labute approximate surface area is 205 Å². The monoisotopic (exact) mass is 493 g/mol. The van der Waals surface area contributed by atoms with Crippen LogP contribution in [0.4, 0.5) is 0 Å². The summed E-state index contributed by atoms with van der Waals surface area (Å²) in [6.07, 6.45) is 2.88. The molecule has 35 heavy (non-hydrogen) atoms. The zero-order chi connectivity index (χ0) is 25.0. The molecule has 0 saturated heterocycles. The number of aromatic amines is 1. The van der Waals surface area contributed by atoms with Gasteiger partial charge in [-0.25, -0.2) is 8.42 Å². The summed E-state index contributed by atoms with van der Waals surface area (Å²) in [7, 11) is -3.99. The van der Waals surface area contributed by atoms with Gasteiger partial charge in [0.2, 0.25) is 15.9 Å². The van der Waals surface area contributed by atoms with Gasteiger partial charge in [0.05, 0.1) is 17.5 Å². The molecule has 3 aromatic carbocycles. The predicted molar refractivity (Wildman–Crippen MR) is 139 cm³/mol. The highest BCUT2D eigenvalue weighted by Crippen LogP contribution is 2.24. The van der Waals surface area contributed by atoms with E-state index in [1.807, 2.05) is 62.5 Å². The second kappa shape index (κ2) is 10.6. The number of benzene rings is 3. The minimum absolute atomic E-state index is 0.134. The first kappa shape index (κ1) is 24.9. The maximum atomic E-state index is 13.4. The number of nitrogens with one attached hydrogen (secondary N) is 3. The van der Waals surface area contributed by atoms with E-state index in [9.17, 15) is 18.3 Å². The molecule has 184 valence electrons. The SMILES string of the molecule is CCC(C)[C@H](NS(=O)(=O)c1cccc2ccccc12)C(=O)N[C@@H](CO)Cc1c[nH]c2ccccc12. The molecule has 1 heterocycles. The maximum absolute atomic E-state index is 13.4. The fourth-order valence-electron chi connectivity index (χ4n) is 4.34. The van der Waals surface area contributed by atoms with E-state index in [1.165, 1.54) is 0 Å². The standard InChI is InChI=1S/C27H31N3O4S/c1-3-18(2)26(30-35(33,34)25-14-8-10-19-9-4-5-12-23(19)25)27(32)29-21(17-31)15-20-16-28-24-13-7-6-11-22(20)24/h4-14,16,18,21,26,28,30-31H,3,15,17H2,1-2H3,(H,29,32)/t18?,21-,26+/m1/s1. The number of amides is 1. The lowest BCUT2D eigenvalue weighted by Gasteiger charge is -2.26. The summed E-state index contributed by atoms with van der Waals surface area (Å²) in [5.41, 5.74) is 1.95. The van der Waals surface area contributed by atoms with Gasteiger partial charge in [-0.1, -0.05) is 74.9 Å². The number of rotatable bonds is 10. The molecule has 7 nitrogen and oxygen atoms in total. The van der Waals surface area contributed by atoms with Crippen LogP contribution in [0, 0.1) is 5.92 Å². The molecule has 4 aromatic rings. The van der Waals surface area contributed by atoms with Crippen molar-refractivity contribution in [3.05, 3.63) is 78.5 Å². The largest absolute Gasteiger partial charge is 0.394 e. The number of sulfonamides is 1. The lowest BCUT2D eigenvalue weighted by atomic mass is 9.98. The average Bonchev–Trinajstić information content (AvgIpc) is 3.28. The molecule has 1 amide bonds. The highest BCUT2D eigenvalue weighted by molar-refractivity contribution is 7.89. The molecule has 0 bridgehead atoms. The van der Waals surface area contributed by atoms with Crippen molar-refractivity contribution < 1.29 is 18.3 Å². The van der Waals surface area contributed by atoms with Gasteiger partial charge >= 0.3 is 0 Å². The van der Waals surface area contributed by atoms with Gasteiger partial charge < -0.3 is 15.4 Å². The Morgan fingerprint density at radius 1 is 1.00 bits per heavy atom. The van der Waals surface area contributed by atoms with Crippen LogP contribution in [0.3, 0.4) is 0 Å². The van der Waals surface area contributed by atoms with Crippen LogP contribution in [-0.4, -0.2) is 43.1 Å². The highest BCUT2D eigenvalue weighted by Gasteiger charge is 2.31. The van der Waals surface area contributed by atoms with Crippen LogP contribution in [0.5, 0.6) is 0 Å². The molecule has 1 aromatic heterocycles. The first-order valence-corrected chi connectivity index (χ1v) is 13.3. The smallest absolute Gasteiger partial charge is 0.241 e. The maximum Gasteiger partial charge on any atom is 0.241 e. The number of hydrogen-bond acceptors (Lipinski definition) is 4. The van der Waals surface area contributed by atoms with Crippen molar-refractivity contribution in [2.45, 2.75) is 43.7 Å². The highest BCUT2D eigenvalue weighted by atomic mass is 32.2. The van der Waals surface area contributed by atoms with E-state index in [1.54, 1.807) is 24.3 Å². The van der Waals surface area contributed by atoms with Crippen molar-refractivity contribution in [3.63, 3.8) is 0 Å². The lowest BCUT2D eigenvalue weighted by Crippen LogP contribution is -2.53. The van der Waals surface area contributed by atoms with Crippen molar-refractivity contribution in [1.82, 2.24) is 15.0 Å². The molecule has 0 aliphatic carbocycles. The molecule has 8 heteroatoms. The van der Waals surface area contributed by atoms with Crippen molar-refractivity contribution in [3.8, 4) is 0 Å². The van der Waals surface area contributed by atoms with Gasteiger partial charge in [0.15, 0.2) is 0 Å². The number of aliphatic hydroxyl groups excluding tert-OH is 1. The second-order valence-corrected chi connectivity index (χ2v) is 10.6. The summed E-state index contributed by atoms with van der Waals surface area (Å²) >= 11 is 0. The Balaban J connectivity index is 1.56. The molecular formula is C27H31N3O4S. The van der Waals surface area contributed by atoms with Crippen LogP contribution in [0.2, 0.25) is 0 Å². The van der Waals surface area contributed by atoms with Gasteiger partial charge in [0.25, 0.3) is 0 Å². The summed E-state index contributed by atoms with van der Waals surface area (Å²) in [4.78, 5) is 16.7. The van der Waals surface area contributed by atoms with Gasteiger partial charge in [-0.15, -0.1) is 0 Å². The molecule has 4 N–H and O–H groups in total. The molecule has 4 rings (SSSR count). The zero-order valence-electron chi connectivity index (χ0n) is 19.9. The zero-order valence-corrected chi connectivity index (χ0v) is 20.7. The number of fused-ring (bicyclic) bond motifs is 2. The predicted octanol–water partition coefficient (Wildman–Crippen LogP) is 3.73. The topological polar surface area (TPSA) is 111 Å². The van der Waals surface area contributed by atoms with Crippen molar-refractivity contribution >= 4 is 37.6 Å². The number of carbonyl (C=O) groups excluding carboxylic acids is 1.